The summed E-state index contributed by atoms with van der Waals surface area (Å²) in [5, 5.41) is 4.06. The molecule has 0 spiro atoms. The number of Topliss-reactive ketones (excluding diaryl/α,β-unsaturated/α-hetero) is 1. The quantitative estimate of drug-likeness (QED) is 0.657. The third kappa shape index (κ3) is 3.59. The number of nitrogen functional groups attached to an aromatic ring is 1. The van der Waals surface area contributed by atoms with Crippen LogP contribution < -0.4 is 11.1 Å². The fourth-order valence-electron chi connectivity index (χ4n) is 1.88. The standard InChI is InChI=1S/C13H18N2OS2/c1-9(16)12-3-2-10(6-13(12)14)15-7-11-8-17-4-5-18-11/h2-3,6,11,15H,4-5,7-8,14H2,1H3. The second kappa shape index (κ2) is 6.38. The van der Waals surface area contributed by atoms with Crippen molar-refractivity contribution >= 4 is 40.7 Å². The van der Waals surface area contributed by atoms with E-state index in [1.165, 1.54) is 24.2 Å². The number of carbonyl (C=O) groups excluding carboxylic acids is 1. The predicted octanol–water partition coefficient (Wildman–Crippen LogP) is 2.73. The zero-order valence-corrected chi connectivity index (χ0v) is 12.1. The van der Waals surface area contributed by atoms with E-state index in [1.807, 2.05) is 35.7 Å². The zero-order valence-electron chi connectivity index (χ0n) is 10.4. The van der Waals surface area contributed by atoms with Crippen molar-refractivity contribution in [3.8, 4) is 0 Å². The topological polar surface area (TPSA) is 55.1 Å². The summed E-state index contributed by atoms with van der Waals surface area (Å²) in [5.74, 6) is 3.72. The molecule has 0 bridgehead atoms. The third-order valence-electron chi connectivity index (χ3n) is 2.85. The molecule has 0 amide bonds. The molecule has 0 radical (unpaired) electrons. The molecule has 3 nitrogen and oxygen atoms in total. The lowest BCUT2D eigenvalue weighted by atomic mass is 10.1. The minimum atomic E-state index is 0.0123. The fourth-order valence-corrected chi connectivity index (χ4v) is 4.49. The van der Waals surface area contributed by atoms with Gasteiger partial charge in [-0.05, 0) is 25.1 Å². The number of anilines is 2. The van der Waals surface area contributed by atoms with Crippen LogP contribution in [0, 0.1) is 0 Å². The molecule has 1 unspecified atom stereocenters. The van der Waals surface area contributed by atoms with Crippen LogP contribution in [0.3, 0.4) is 0 Å². The second-order valence-corrected chi connectivity index (χ2v) is 6.86. The van der Waals surface area contributed by atoms with Gasteiger partial charge in [0.1, 0.15) is 0 Å². The van der Waals surface area contributed by atoms with Gasteiger partial charge in [0.05, 0.1) is 0 Å². The first-order valence-corrected chi connectivity index (χ1v) is 8.21. The Bertz CT molecular complexity index is 431. The zero-order chi connectivity index (χ0) is 13.0. The summed E-state index contributed by atoms with van der Waals surface area (Å²) in [7, 11) is 0. The van der Waals surface area contributed by atoms with Crippen molar-refractivity contribution in [2.75, 3.05) is 34.9 Å². The molecular formula is C13H18N2OS2. The Labute approximate surface area is 116 Å². The van der Waals surface area contributed by atoms with Gasteiger partial charge in [0, 0.05) is 46.0 Å². The second-order valence-electron chi connectivity index (χ2n) is 4.31. The molecule has 1 heterocycles. The molecule has 1 fully saturated rings. The van der Waals surface area contributed by atoms with Crippen molar-refractivity contribution in [3.05, 3.63) is 23.8 Å². The summed E-state index contributed by atoms with van der Waals surface area (Å²) in [6.07, 6.45) is 0. The van der Waals surface area contributed by atoms with Gasteiger partial charge >= 0.3 is 0 Å². The Morgan fingerprint density at radius 2 is 2.33 bits per heavy atom. The van der Waals surface area contributed by atoms with Gasteiger partial charge in [-0.3, -0.25) is 4.79 Å². The number of hydrogen-bond donors (Lipinski definition) is 2. The molecule has 3 N–H and O–H groups in total. The Kier molecular flexibility index (Phi) is 4.83. The Balaban J connectivity index is 1.93. The van der Waals surface area contributed by atoms with Crippen molar-refractivity contribution in [1.82, 2.24) is 0 Å². The molecule has 18 heavy (non-hydrogen) atoms. The number of nitrogens with one attached hydrogen (secondary N) is 1. The van der Waals surface area contributed by atoms with Crippen molar-refractivity contribution in [2.45, 2.75) is 12.2 Å². The summed E-state index contributed by atoms with van der Waals surface area (Å²) in [6, 6.07) is 5.56. The molecule has 1 atom stereocenters. The highest BCUT2D eigenvalue weighted by Gasteiger charge is 2.14. The molecule has 1 saturated heterocycles. The van der Waals surface area contributed by atoms with Gasteiger partial charge in [-0.2, -0.15) is 23.5 Å². The third-order valence-corrected chi connectivity index (χ3v) is 5.69. The SMILES string of the molecule is CC(=O)c1ccc(NCC2CSCCS2)cc1N. The maximum absolute atomic E-state index is 11.3. The van der Waals surface area contributed by atoms with Gasteiger partial charge in [-0.25, -0.2) is 0 Å². The van der Waals surface area contributed by atoms with Gasteiger partial charge in [0.15, 0.2) is 5.78 Å². The largest absolute Gasteiger partial charge is 0.398 e. The van der Waals surface area contributed by atoms with E-state index in [0.29, 0.717) is 16.5 Å². The lowest BCUT2D eigenvalue weighted by Gasteiger charge is -2.21. The van der Waals surface area contributed by atoms with Crippen LogP contribution in [0.2, 0.25) is 0 Å². The summed E-state index contributed by atoms with van der Waals surface area (Å²) in [6.45, 7) is 2.49. The number of thioether (sulfide) groups is 2. The van der Waals surface area contributed by atoms with E-state index in [1.54, 1.807) is 6.07 Å². The van der Waals surface area contributed by atoms with Crippen LogP contribution >= 0.6 is 23.5 Å². The summed E-state index contributed by atoms with van der Waals surface area (Å²) < 4.78 is 0. The van der Waals surface area contributed by atoms with E-state index in [-0.39, 0.29) is 5.78 Å². The van der Waals surface area contributed by atoms with E-state index in [0.717, 1.165) is 12.2 Å². The molecule has 1 aromatic carbocycles. The highest BCUT2D eigenvalue weighted by Crippen LogP contribution is 2.25. The number of carbonyl (C=O) groups is 1. The molecule has 0 aromatic heterocycles. The molecule has 1 aromatic rings. The first kappa shape index (κ1) is 13.6. The van der Waals surface area contributed by atoms with Gasteiger partial charge in [-0.15, -0.1) is 0 Å². The highest BCUT2D eigenvalue weighted by atomic mass is 32.2. The maximum Gasteiger partial charge on any atom is 0.161 e. The average molecular weight is 282 g/mol. The van der Waals surface area contributed by atoms with Crippen molar-refractivity contribution in [3.63, 3.8) is 0 Å². The summed E-state index contributed by atoms with van der Waals surface area (Å²) in [4.78, 5) is 11.3. The predicted molar refractivity (Wildman–Crippen MR) is 82.9 cm³/mol. The van der Waals surface area contributed by atoms with Crippen LogP contribution in [0.25, 0.3) is 0 Å². The lowest BCUT2D eigenvalue weighted by Crippen LogP contribution is -2.23. The molecule has 0 aliphatic carbocycles. The van der Waals surface area contributed by atoms with Crippen molar-refractivity contribution < 1.29 is 4.79 Å². The summed E-state index contributed by atoms with van der Waals surface area (Å²) >= 11 is 4.04. The Hall–Kier alpha value is -0.810. The number of benzene rings is 1. The monoisotopic (exact) mass is 282 g/mol. The molecule has 98 valence electrons. The van der Waals surface area contributed by atoms with Crippen molar-refractivity contribution in [1.29, 1.82) is 0 Å². The number of ketones is 1. The van der Waals surface area contributed by atoms with Crippen LogP contribution in [0.4, 0.5) is 11.4 Å². The molecule has 1 aliphatic rings. The van der Waals surface area contributed by atoms with Crippen LogP contribution in [0.1, 0.15) is 17.3 Å². The van der Waals surface area contributed by atoms with Gasteiger partial charge in [0.25, 0.3) is 0 Å². The molecule has 2 rings (SSSR count). The minimum absolute atomic E-state index is 0.0123. The van der Waals surface area contributed by atoms with Gasteiger partial charge in [0.2, 0.25) is 0 Å². The summed E-state index contributed by atoms with van der Waals surface area (Å²) in [5.41, 5.74) is 8.01. The first-order valence-electron chi connectivity index (χ1n) is 6.00. The average Bonchev–Trinajstić information content (AvgIpc) is 2.37. The van der Waals surface area contributed by atoms with E-state index in [4.69, 9.17) is 5.73 Å². The van der Waals surface area contributed by atoms with E-state index in [2.05, 4.69) is 5.32 Å². The number of rotatable bonds is 4. The van der Waals surface area contributed by atoms with E-state index >= 15 is 0 Å². The van der Waals surface area contributed by atoms with Crippen LogP contribution in [-0.2, 0) is 0 Å². The molecule has 1 aliphatic heterocycles. The Morgan fingerprint density at radius 1 is 1.50 bits per heavy atom. The van der Waals surface area contributed by atoms with Crippen molar-refractivity contribution in [2.24, 2.45) is 0 Å². The Morgan fingerprint density at radius 3 is 2.94 bits per heavy atom. The normalized spacial score (nSPS) is 19.5. The van der Waals surface area contributed by atoms with Gasteiger partial charge in [-0.1, -0.05) is 0 Å². The smallest absolute Gasteiger partial charge is 0.161 e. The highest BCUT2D eigenvalue weighted by molar-refractivity contribution is 8.06. The fraction of sp³-hybridized carbons (Fsp3) is 0.462. The van der Waals surface area contributed by atoms with E-state index < -0.39 is 0 Å². The molecular weight excluding hydrogens is 264 g/mol. The number of nitrogens with two attached hydrogens (primary N) is 1. The van der Waals surface area contributed by atoms with E-state index in [9.17, 15) is 4.79 Å². The van der Waals surface area contributed by atoms with Crippen LogP contribution in [0.5, 0.6) is 0 Å². The first-order chi connectivity index (χ1) is 8.66. The minimum Gasteiger partial charge on any atom is -0.398 e. The van der Waals surface area contributed by atoms with Crippen LogP contribution in [0.15, 0.2) is 18.2 Å². The maximum atomic E-state index is 11.3. The molecule has 5 heteroatoms. The van der Waals surface area contributed by atoms with Crippen LogP contribution in [-0.4, -0.2) is 34.8 Å². The lowest BCUT2D eigenvalue weighted by molar-refractivity contribution is 0.101. The molecule has 0 saturated carbocycles. The van der Waals surface area contributed by atoms with Gasteiger partial charge < -0.3 is 11.1 Å². The number of hydrogen-bond acceptors (Lipinski definition) is 5.